The second kappa shape index (κ2) is 12.9. The number of rotatable bonds is 10. The molecule has 0 unspecified atom stereocenters. The quantitative estimate of drug-likeness (QED) is 0.262. The predicted octanol–water partition coefficient (Wildman–Crippen LogP) is 6.32. The highest BCUT2D eigenvalue weighted by Crippen LogP contribution is 2.32. The maximum Gasteiger partial charge on any atom is 0.408 e. The van der Waals surface area contributed by atoms with Gasteiger partial charge in [-0.3, -0.25) is 4.79 Å². The molecule has 3 rings (SSSR count). The maximum atomic E-state index is 13.4. The largest absolute Gasteiger partial charge is 0.468 e. The van der Waals surface area contributed by atoms with Crippen LogP contribution >= 0.6 is 0 Å². The zero-order chi connectivity index (χ0) is 26.7. The SMILES string of the molecule is COC(=O)C(/C=C/[C@H](Cc1ccccc1)NC(=O)OC(C)(C)C)(Cc1ccccc1)Cc1ccccc1. The number of carbonyl (C=O) groups excluding carboxylic acids is 2. The normalized spacial score (nSPS) is 12.6. The number of ether oxygens (including phenoxy) is 2. The number of hydrogen-bond donors (Lipinski definition) is 1. The highest BCUT2D eigenvalue weighted by Gasteiger charge is 2.38. The summed E-state index contributed by atoms with van der Waals surface area (Å²) >= 11 is 0. The molecule has 0 heterocycles. The van der Waals surface area contributed by atoms with Crippen molar-refractivity contribution in [1.82, 2.24) is 5.32 Å². The van der Waals surface area contributed by atoms with Crippen molar-refractivity contribution >= 4 is 12.1 Å². The van der Waals surface area contributed by atoms with Gasteiger partial charge in [0.15, 0.2) is 0 Å². The summed E-state index contributed by atoms with van der Waals surface area (Å²) in [6.45, 7) is 5.49. The topological polar surface area (TPSA) is 64.6 Å². The van der Waals surface area contributed by atoms with Gasteiger partial charge in [0, 0.05) is 0 Å². The zero-order valence-corrected chi connectivity index (χ0v) is 22.1. The van der Waals surface area contributed by atoms with Crippen molar-refractivity contribution in [3.8, 4) is 0 Å². The van der Waals surface area contributed by atoms with E-state index in [1.807, 2.05) is 124 Å². The van der Waals surface area contributed by atoms with Gasteiger partial charge in [0.1, 0.15) is 5.60 Å². The number of amides is 1. The van der Waals surface area contributed by atoms with Gasteiger partial charge in [0.25, 0.3) is 0 Å². The molecule has 0 saturated heterocycles. The molecule has 3 aromatic rings. The molecule has 5 heteroatoms. The standard InChI is InChI=1S/C32H37NO4/c1-31(2,3)37-30(35)33-28(22-25-14-8-5-9-15-25)20-21-32(29(34)36-4,23-26-16-10-6-11-17-26)24-27-18-12-7-13-19-27/h5-21,28H,22-24H2,1-4H3,(H,33,35)/b21-20+/t28-/m1/s1. The van der Waals surface area contributed by atoms with E-state index in [0.29, 0.717) is 19.3 Å². The van der Waals surface area contributed by atoms with E-state index in [1.165, 1.54) is 7.11 Å². The van der Waals surface area contributed by atoms with Crippen LogP contribution in [-0.2, 0) is 33.5 Å². The summed E-state index contributed by atoms with van der Waals surface area (Å²) in [5, 5.41) is 2.98. The lowest BCUT2D eigenvalue weighted by Gasteiger charge is -2.29. The molecule has 5 nitrogen and oxygen atoms in total. The zero-order valence-electron chi connectivity index (χ0n) is 22.1. The van der Waals surface area contributed by atoms with Gasteiger partial charge in [-0.25, -0.2) is 4.79 Å². The summed E-state index contributed by atoms with van der Waals surface area (Å²) in [6, 6.07) is 29.3. The first kappa shape index (κ1) is 27.7. The first-order chi connectivity index (χ1) is 17.7. The number of carbonyl (C=O) groups is 2. The number of benzene rings is 3. The van der Waals surface area contributed by atoms with Crippen LogP contribution in [0.15, 0.2) is 103 Å². The minimum atomic E-state index is -0.970. The fourth-order valence-electron chi connectivity index (χ4n) is 4.31. The fraction of sp³-hybridized carbons (Fsp3) is 0.312. The van der Waals surface area contributed by atoms with Gasteiger partial charge >= 0.3 is 12.1 Å². The number of esters is 1. The number of alkyl carbamates (subject to hydrolysis) is 1. The Morgan fingerprint density at radius 2 is 1.24 bits per heavy atom. The van der Waals surface area contributed by atoms with Crippen LogP contribution in [0.25, 0.3) is 0 Å². The van der Waals surface area contributed by atoms with Crippen LogP contribution in [0.3, 0.4) is 0 Å². The van der Waals surface area contributed by atoms with Gasteiger partial charge in [-0.2, -0.15) is 0 Å². The van der Waals surface area contributed by atoms with Gasteiger partial charge in [-0.05, 0) is 56.7 Å². The molecule has 0 bridgehead atoms. The van der Waals surface area contributed by atoms with Crippen LogP contribution in [0, 0.1) is 5.41 Å². The second-order valence-electron chi connectivity index (χ2n) is 10.3. The van der Waals surface area contributed by atoms with Crippen LogP contribution in [0.2, 0.25) is 0 Å². The van der Waals surface area contributed by atoms with E-state index in [1.54, 1.807) is 0 Å². The van der Waals surface area contributed by atoms with Crippen molar-refractivity contribution in [3.63, 3.8) is 0 Å². The summed E-state index contributed by atoms with van der Waals surface area (Å²) in [4.78, 5) is 26.1. The molecule has 0 radical (unpaired) electrons. The third-order valence-electron chi connectivity index (χ3n) is 5.96. The lowest BCUT2D eigenvalue weighted by molar-refractivity contribution is -0.149. The molecule has 0 aliphatic rings. The lowest BCUT2D eigenvalue weighted by Crippen LogP contribution is -2.40. The Morgan fingerprint density at radius 1 is 0.784 bits per heavy atom. The van der Waals surface area contributed by atoms with E-state index in [-0.39, 0.29) is 5.97 Å². The van der Waals surface area contributed by atoms with Crippen LogP contribution in [0.5, 0.6) is 0 Å². The molecule has 194 valence electrons. The number of methoxy groups -OCH3 is 1. The summed E-state index contributed by atoms with van der Waals surface area (Å²) in [7, 11) is 1.42. The molecule has 0 saturated carbocycles. The van der Waals surface area contributed by atoms with Crippen molar-refractivity contribution in [3.05, 3.63) is 120 Å². The molecule has 37 heavy (non-hydrogen) atoms. The minimum absolute atomic E-state index is 0.327. The van der Waals surface area contributed by atoms with E-state index in [4.69, 9.17) is 9.47 Å². The van der Waals surface area contributed by atoms with Crippen molar-refractivity contribution in [2.75, 3.05) is 7.11 Å². The summed E-state index contributed by atoms with van der Waals surface area (Å²) < 4.78 is 10.9. The second-order valence-corrected chi connectivity index (χ2v) is 10.3. The van der Waals surface area contributed by atoms with E-state index < -0.39 is 23.2 Å². The molecule has 1 N–H and O–H groups in total. The average molecular weight is 500 g/mol. The summed E-state index contributed by atoms with van der Waals surface area (Å²) in [5.74, 6) is -0.327. The Hall–Kier alpha value is -3.86. The molecular formula is C32H37NO4. The smallest absolute Gasteiger partial charge is 0.408 e. The average Bonchev–Trinajstić information content (AvgIpc) is 2.87. The molecule has 1 amide bonds. The first-order valence-corrected chi connectivity index (χ1v) is 12.6. The van der Waals surface area contributed by atoms with Gasteiger partial charge in [-0.15, -0.1) is 0 Å². The van der Waals surface area contributed by atoms with E-state index in [9.17, 15) is 9.59 Å². The Labute approximate surface area is 220 Å². The summed E-state index contributed by atoms with van der Waals surface area (Å²) in [6.07, 6.45) is 4.76. The van der Waals surface area contributed by atoms with Crippen molar-refractivity contribution in [1.29, 1.82) is 0 Å². The molecule has 0 spiro atoms. The van der Waals surface area contributed by atoms with E-state index in [2.05, 4.69) is 5.32 Å². The molecule has 0 aliphatic heterocycles. The summed E-state index contributed by atoms with van der Waals surface area (Å²) in [5.41, 5.74) is 1.51. The lowest BCUT2D eigenvalue weighted by atomic mass is 9.75. The molecule has 0 aromatic heterocycles. The number of hydrogen-bond acceptors (Lipinski definition) is 4. The van der Waals surface area contributed by atoms with Gasteiger partial charge in [0.2, 0.25) is 0 Å². The fourth-order valence-corrected chi connectivity index (χ4v) is 4.31. The maximum absolute atomic E-state index is 13.4. The third kappa shape index (κ3) is 8.94. The molecule has 0 aliphatic carbocycles. The first-order valence-electron chi connectivity index (χ1n) is 12.6. The molecule has 1 atom stereocenters. The van der Waals surface area contributed by atoms with E-state index in [0.717, 1.165) is 16.7 Å². The Balaban J connectivity index is 2.00. The minimum Gasteiger partial charge on any atom is -0.468 e. The highest BCUT2D eigenvalue weighted by atomic mass is 16.6. The Bertz CT molecular complexity index is 1110. The van der Waals surface area contributed by atoms with Gasteiger partial charge in [-0.1, -0.05) is 103 Å². The molecule has 0 fully saturated rings. The predicted molar refractivity (Wildman–Crippen MR) is 147 cm³/mol. The van der Waals surface area contributed by atoms with Crippen LogP contribution in [0.4, 0.5) is 4.79 Å². The van der Waals surface area contributed by atoms with Crippen LogP contribution < -0.4 is 5.32 Å². The molecule has 3 aromatic carbocycles. The van der Waals surface area contributed by atoms with E-state index >= 15 is 0 Å². The third-order valence-corrected chi connectivity index (χ3v) is 5.96. The van der Waals surface area contributed by atoms with Crippen LogP contribution in [-0.4, -0.2) is 30.8 Å². The van der Waals surface area contributed by atoms with Crippen LogP contribution in [0.1, 0.15) is 37.5 Å². The van der Waals surface area contributed by atoms with Crippen molar-refractivity contribution in [2.45, 2.75) is 51.7 Å². The number of nitrogens with one attached hydrogen (secondary N) is 1. The Morgan fingerprint density at radius 3 is 1.68 bits per heavy atom. The van der Waals surface area contributed by atoms with Crippen molar-refractivity contribution in [2.24, 2.45) is 5.41 Å². The van der Waals surface area contributed by atoms with Crippen molar-refractivity contribution < 1.29 is 19.1 Å². The highest BCUT2D eigenvalue weighted by molar-refractivity contribution is 5.80. The Kier molecular flexibility index (Phi) is 9.67. The molecular weight excluding hydrogens is 462 g/mol. The van der Waals surface area contributed by atoms with Gasteiger partial charge in [0.05, 0.1) is 18.6 Å². The monoisotopic (exact) mass is 499 g/mol. The van der Waals surface area contributed by atoms with Gasteiger partial charge < -0.3 is 14.8 Å².